The zero-order chi connectivity index (χ0) is 14.2. The summed E-state index contributed by atoms with van der Waals surface area (Å²) in [7, 11) is -4.01. The zero-order valence-corrected chi connectivity index (χ0v) is 11.1. The average molecular weight is 294 g/mol. The molecular formula is C11H13F3N2O2S. The van der Waals surface area contributed by atoms with E-state index in [9.17, 15) is 21.6 Å². The lowest BCUT2D eigenvalue weighted by Crippen LogP contribution is -2.38. The van der Waals surface area contributed by atoms with Crippen molar-refractivity contribution in [3.8, 4) is 0 Å². The SMILES string of the molecule is CCCCN1CCS(=O)(=O)c2c(F)c(F)nc(F)c21. The van der Waals surface area contributed by atoms with E-state index in [2.05, 4.69) is 4.98 Å². The highest BCUT2D eigenvalue weighted by Crippen LogP contribution is 2.35. The molecule has 0 aromatic carbocycles. The topological polar surface area (TPSA) is 50.3 Å². The Hall–Kier alpha value is -1.31. The van der Waals surface area contributed by atoms with E-state index < -0.39 is 38.1 Å². The van der Waals surface area contributed by atoms with E-state index in [1.165, 1.54) is 4.90 Å². The molecule has 4 nitrogen and oxygen atoms in total. The van der Waals surface area contributed by atoms with Crippen LogP contribution in [0.2, 0.25) is 0 Å². The van der Waals surface area contributed by atoms with Crippen LogP contribution in [-0.4, -0.2) is 32.2 Å². The largest absolute Gasteiger partial charge is 0.366 e. The van der Waals surface area contributed by atoms with Gasteiger partial charge in [-0.05, 0) is 6.42 Å². The monoisotopic (exact) mass is 294 g/mol. The van der Waals surface area contributed by atoms with Gasteiger partial charge < -0.3 is 4.90 Å². The van der Waals surface area contributed by atoms with Crippen LogP contribution in [0.4, 0.5) is 18.9 Å². The Kier molecular flexibility index (Phi) is 3.71. The number of pyridine rings is 1. The predicted molar refractivity (Wildman–Crippen MR) is 63.3 cm³/mol. The Bertz CT molecular complexity index is 604. The van der Waals surface area contributed by atoms with Crippen LogP contribution in [-0.2, 0) is 9.84 Å². The van der Waals surface area contributed by atoms with E-state index in [4.69, 9.17) is 0 Å². The van der Waals surface area contributed by atoms with Crippen LogP contribution in [0.15, 0.2) is 4.90 Å². The molecule has 106 valence electrons. The molecule has 0 aliphatic carbocycles. The second kappa shape index (κ2) is 4.99. The minimum atomic E-state index is -4.01. The molecule has 19 heavy (non-hydrogen) atoms. The molecule has 0 spiro atoms. The third kappa shape index (κ3) is 2.41. The van der Waals surface area contributed by atoms with Gasteiger partial charge in [0.25, 0.3) is 5.95 Å². The van der Waals surface area contributed by atoms with Gasteiger partial charge in [0.05, 0.1) is 5.75 Å². The molecule has 0 saturated carbocycles. The van der Waals surface area contributed by atoms with E-state index in [1.54, 1.807) is 0 Å². The van der Waals surface area contributed by atoms with Gasteiger partial charge in [-0.15, -0.1) is 0 Å². The van der Waals surface area contributed by atoms with E-state index in [0.717, 1.165) is 6.42 Å². The van der Waals surface area contributed by atoms with E-state index in [0.29, 0.717) is 13.0 Å². The molecule has 0 unspecified atom stereocenters. The fraction of sp³-hybridized carbons (Fsp3) is 0.545. The lowest BCUT2D eigenvalue weighted by Gasteiger charge is -2.30. The minimum Gasteiger partial charge on any atom is -0.366 e. The van der Waals surface area contributed by atoms with Gasteiger partial charge in [-0.3, -0.25) is 0 Å². The number of halogens is 3. The lowest BCUT2D eigenvalue weighted by atomic mass is 10.2. The Morgan fingerprint density at radius 2 is 1.95 bits per heavy atom. The number of sulfone groups is 1. The summed E-state index contributed by atoms with van der Waals surface area (Å²) >= 11 is 0. The first-order valence-electron chi connectivity index (χ1n) is 5.90. The maximum absolute atomic E-state index is 13.7. The van der Waals surface area contributed by atoms with Crippen molar-refractivity contribution < 1.29 is 21.6 Å². The number of nitrogens with zero attached hydrogens (tertiary/aromatic N) is 2. The molecule has 0 saturated heterocycles. The standard InChI is InChI=1S/C11H13F3N2O2S/c1-2-3-4-16-5-6-19(17,18)9-7(12)10(13)15-11(14)8(9)16/h2-6H2,1H3. The molecule has 0 N–H and O–H groups in total. The summed E-state index contributed by atoms with van der Waals surface area (Å²) < 4.78 is 64.0. The number of hydrogen-bond acceptors (Lipinski definition) is 4. The third-order valence-corrected chi connectivity index (χ3v) is 4.74. The van der Waals surface area contributed by atoms with Gasteiger partial charge in [0.2, 0.25) is 5.95 Å². The summed E-state index contributed by atoms with van der Waals surface area (Å²) in [6.07, 6.45) is 1.51. The normalized spacial score (nSPS) is 17.4. The van der Waals surface area contributed by atoms with E-state index >= 15 is 0 Å². The molecule has 1 aromatic heterocycles. The number of hydrogen-bond donors (Lipinski definition) is 0. The van der Waals surface area contributed by atoms with E-state index in [-0.39, 0.29) is 12.3 Å². The van der Waals surface area contributed by atoms with Crippen LogP contribution >= 0.6 is 0 Å². The highest BCUT2D eigenvalue weighted by Gasteiger charge is 2.36. The van der Waals surface area contributed by atoms with Crippen molar-refractivity contribution in [1.82, 2.24) is 4.98 Å². The first-order chi connectivity index (χ1) is 8.88. The molecule has 2 heterocycles. The van der Waals surface area contributed by atoms with Crippen LogP contribution in [0.25, 0.3) is 0 Å². The highest BCUT2D eigenvalue weighted by atomic mass is 32.2. The Morgan fingerprint density at radius 1 is 1.26 bits per heavy atom. The van der Waals surface area contributed by atoms with Crippen molar-refractivity contribution in [2.75, 3.05) is 23.7 Å². The van der Waals surface area contributed by atoms with Crippen LogP contribution in [0, 0.1) is 17.7 Å². The minimum absolute atomic E-state index is 0.0546. The van der Waals surface area contributed by atoms with E-state index in [1.807, 2.05) is 6.92 Å². The summed E-state index contributed by atoms with van der Waals surface area (Å²) in [5.74, 6) is -4.97. The number of rotatable bonds is 3. The quantitative estimate of drug-likeness (QED) is 0.799. The first-order valence-corrected chi connectivity index (χ1v) is 7.56. The smallest absolute Gasteiger partial charge is 0.253 e. The highest BCUT2D eigenvalue weighted by molar-refractivity contribution is 7.91. The average Bonchev–Trinajstić information content (AvgIpc) is 2.33. The Labute approximate surface area is 109 Å². The Balaban J connectivity index is 2.62. The number of fused-ring (bicyclic) bond motifs is 1. The second-order valence-electron chi connectivity index (χ2n) is 4.34. The molecule has 8 heteroatoms. The maximum Gasteiger partial charge on any atom is 0.253 e. The molecule has 2 rings (SSSR count). The molecule has 0 radical (unpaired) electrons. The molecule has 0 atom stereocenters. The molecule has 0 amide bonds. The van der Waals surface area contributed by atoms with Crippen molar-refractivity contribution in [3.63, 3.8) is 0 Å². The number of aromatic nitrogens is 1. The summed E-state index contributed by atoms with van der Waals surface area (Å²) in [6.45, 7) is 2.35. The number of anilines is 1. The van der Waals surface area contributed by atoms with Gasteiger partial charge in [0.1, 0.15) is 10.6 Å². The molecule has 0 bridgehead atoms. The molecule has 1 aliphatic heterocycles. The van der Waals surface area contributed by atoms with Gasteiger partial charge in [-0.1, -0.05) is 13.3 Å². The molecule has 0 fully saturated rings. The second-order valence-corrected chi connectivity index (χ2v) is 6.39. The lowest BCUT2D eigenvalue weighted by molar-refractivity contribution is 0.424. The van der Waals surface area contributed by atoms with Gasteiger partial charge in [0, 0.05) is 13.1 Å². The summed E-state index contributed by atoms with van der Waals surface area (Å²) in [4.78, 5) is 3.30. The molecular weight excluding hydrogens is 281 g/mol. The van der Waals surface area contributed by atoms with Gasteiger partial charge in [-0.2, -0.15) is 13.8 Å². The van der Waals surface area contributed by atoms with Crippen molar-refractivity contribution >= 4 is 15.5 Å². The van der Waals surface area contributed by atoms with Crippen LogP contribution in [0.3, 0.4) is 0 Å². The van der Waals surface area contributed by atoms with Crippen LogP contribution in [0.5, 0.6) is 0 Å². The first kappa shape index (κ1) is 14.1. The fourth-order valence-electron chi connectivity index (χ4n) is 2.05. The van der Waals surface area contributed by atoms with Crippen LogP contribution < -0.4 is 4.90 Å². The zero-order valence-electron chi connectivity index (χ0n) is 10.3. The van der Waals surface area contributed by atoms with Crippen molar-refractivity contribution in [1.29, 1.82) is 0 Å². The third-order valence-electron chi connectivity index (χ3n) is 3.03. The van der Waals surface area contributed by atoms with Crippen LogP contribution in [0.1, 0.15) is 19.8 Å². The summed E-state index contributed by atoms with van der Waals surface area (Å²) in [6, 6.07) is 0. The van der Waals surface area contributed by atoms with Crippen molar-refractivity contribution in [2.45, 2.75) is 24.7 Å². The van der Waals surface area contributed by atoms with Gasteiger partial charge in [-0.25, -0.2) is 12.8 Å². The maximum atomic E-state index is 13.7. The fourth-order valence-corrected chi connectivity index (χ4v) is 3.58. The van der Waals surface area contributed by atoms with Gasteiger partial charge >= 0.3 is 0 Å². The Morgan fingerprint density at radius 3 is 2.58 bits per heavy atom. The molecule has 1 aromatic rings. The van der Waals surface area contributed by atoms with Gasteiger partial charge in [0.15, 0.2) is 15.7 Å². The summed E-state index contributed by atoms with van der Waals surface area (Å²) in [5, 5.41) is 0. The molecule has 1 aliphatic rings. The summed E-state index contributed by atoms with van der Waals surface area (Å²) in [5.41, 5.74) is -0.446. The number of unbranched alkanes of at least 4 members (excludes halogenated alkanes) is 1. The predicted octanol–water partition coefficient (Wildman–Crippen LogP) is 1.89. The van der Waals surface area contributed by atoms with Crippen molar-refractivity contribution in [2.24, 2.45) is 0 Å². The van der Waals surface area contributed by atoms with Crippen molar-refractivity contribution in [3.05, 3.63) is 17.7 Å².